The van der Waals surface area contributed by atoms with Crippen LogP contribution in [-0.2, 0) is 0 Å². The highest BCUT2D eigenvalue weighted by Gasteiger charge is 2.34. The third-order valence-electron chi connectivity index (χ3n) is 3.30. The lowest BCUT2D eigenvalue weighted by atomic mass is 10.1. The van der Waals surface area contributed by atoms with E-state index < -0.39 is 0 Å². The molecule has 2 aromatic carbocycles. The van der Waals surface area contributed by atoms with Crippen molar-refractivity contribution in [1.82, 2.24) is 4.90 Å². The van der Waals surface area contributed by atoms with Crippen molar-refractivity contribution in [2.75, 3.05) is 12.3 Å². The van der Waals surface area contributed by atoms with Crippen LogP contribution in [0.2, 0.25) is 0 Å². The van der Waals surface area contributed by atoms with Crippen molar-refractivity contribution in [2.45, 2.75) is 0 Å². The minimum absolute atomic E-state index is 0.0562. The summed E-state index contributed by atoms with van der Waals surface area (Å²) in [6.07, 6.45) is 0. The number of nitrogen functional groups attached to an aromatic ring is 1. The highest BCUT2D eigenvalue weighted by Crippen LogP contribution is 2.21. The number of carbonyl (C=O) groups excluding carboxylic acids is 2. The van der Waals surface area contributed by atoms with Crippen molar-refractivity contribution in [3.05, 3.63) is 65.2 Å². The number of anilines is 1. The summed E-state index contributed by atoms with van der Waals surface area (Å²) in [7, 11) is 0. The molecule has 21 heavy (non-hydrogen) atoms. The van der Waals surface area contributed by atoms with E-state index in [4.69, 9.17) is 5.73 Å². The molecule has 0 atom stereocenters. The van der Waals surface area contributed by atoms with Gasteiger partial charge in [0, 0.05) is 11.3 Å². The standard InChI is InChI=1S/C17H12N2O2/c18-15-10-4-1-6-12(15)7-5-11-19-16(20)13-8-2-3-9-14(13)17(19)21/h1-4,6,8-10H,11,18H2. The molecular weight excluding hydrogens is 264 g/mol. The molecule has 2 N–H and O–H groups in total. The van der Waals surface area contributed by atoms with Crippen molar-refractivity contribution in [3.63, 3.8) is 0 Å². The Labute approximate surface area is 122 Å². The van der Waals surface area contributed by atoms with Crippen LogP contribution in [0.5, 0.6) is 0 Å². The van der Waals surface area contributed by atoms with Crippen LogP contribution in [0.3, 0.4) is 0 Å². The fourth-order valence-electron chi connectivity index (χ4n) is 2.21. The molecular formula is C17H12N2O2. The van der Waals surface area contributed by atoms with Crippen molar-refractivity contribution >= 4 is 17.5 Å². The second-order valence-corrected chi connectivity index (χ2v) is 4.63. The highest BCUT2D eigenvalue weighted by atomic mass is 16.2. The lowest BCUT2D eigenvalue weighted by molar-refractivity contribution is 0.0675. The Balaban J connectivity index is 1.81. The third-order valence-corrected chi connectivity index (χ3v) is 3.30. The SMILES string of the molecule is Nc1ccccc1C#CCN1C(=O)c2ccccc2C1=O. The number of para-hydroxylation sites is 1. The Morgan fingerprint density at radius 2 is 1.48 bits per heavy atom. The van der Waals surface area contributed by atoms with Gasteiger partial charge in [0.1, 0.15) is 0 Å². The Morgan fingerprint density at radius 1 is 0.905 bits per heavy atom. The summed E-state index contributed by atoms with van der Waals surface area (Å²) in [6, 6.07) is 14.0. The van der Waals surface area contributed by atoms with E-state index in [0.717, 1.165) is 4.90 Å². The maximum absolute atomic E-state index is 12.1. The van der Waals surface area contributed by atoms with Crippen LogP contribution in [0.1, 0.15) is 26.3 Å². The molecule has 102 valence electrons. The summed E-state index contributed by atoms with van der Waals surface area (Å²) in [5.74, 6) is 5.12. The van der Waals surface area contributed by atoms with E-state index in [1.165, 1.54) is 0 Å². The summed E-state index contributed by atoms with van der Waals surface area (Å²) >= 11 is 0. The molecule has 3 rings (SSSR count). The molecule has 1 heterocycles. The van der Waals surface area contributed by atoms with Crippen molar-refractivity contribution in [2.24, 2.45) is 0 Å². The largest absolute Gasteiger partial charge is 0.398 e. The summed E-state index contributed by atoms with van der Waals surface area (Å²) in [5.41, 5.74) is 7.92. The zero-order valence-corrected chi connectivity index (χ0v) is 11.2. The van der Waals surface area contributed by atoms with E-state index in [-0.39, 0.29) is 18.4 Å². The van der Waals surface area contributed by atoms with Gasteiger partial charge in [-0.2, -0.15) is 0 Å². The number of imide groups is 1. The highest BCUT2D eigenvalue weighted by molar-refractivity contribution is 6.21. The first-order valence-corrected chi connectivity index (χ1v) is 6.47. The summed E-state index contributed by atoms with van der Waals surface area (Å²) in [5, 5.41) is 0. The first-order valence-electron chi connectivity index (χ1n) is 6.47. The number of carbonyl (C=O) groups is 2. The molecule has 4 nitrogen and oxygen atoms in total. The van der Waals surface area contributed by atoms with Gasteiger partial charge >= 0.3 is 0 Å². The number of nitrogens with zero attached hydrogens (tertiary/aromatic N) is 1. The molecule has 0 bridgehead atoms. The molecule has 2 aromatic rings. The third kappa shape index (κ3) is 2.26. The van der Waals surface area contributed by atoms with Crippen LogP contribution in [0.25, 0.3) is 0 Å². The van der Waals surface area contributed by atoms with E-state index in [1.807, 2.05) is 12.1 Å². The van der Waals surface area contributed by atoms with E-state index in [2.05, 4.69) is 11.8 Å². The fourth-order valence-corrected chi connectivity index (χ4v) is 2.21. The maximum atomic E-state index is 12.1. The Hall–Kier alpha value is -3.06. The average Bonchev–Trinajstić information content (AvgIpc) is 2.74. The number of benzene rings is 2. The molecule has 0 aromatic heterocycles. The van der Waals surface area contributed by atoms with E-state index in [9.17, 15) is 9.59 Å². The summed E-state index contributed by atoms with van der Waals surface area (Å²) < 4.78 is 0. The number of amides is 2. The zero-order chi connectivity index (χ0) is 14.8. The van der Waals surface area contributed by atoms with Crippen LogP contribution in [0, 0.1) is 11.8 Å². The van der Waals surface area contributed by atoms with Gasteiger partial charge in [-0.15, -0.1) is 0 Å². The molecule has 0 spiro atoms. The molecule has 0 fully saturated rings. The molecule has 0 aliphatic carbocycles. The van der Waals surface area contributed by atoms with Gasteiger partial charge in [-0.3, -0.25) is 14.5 Å². The number of hydrogen-bond donors (Lipinski definition) is 1. The van der Waals surface area contributed by atoms with Gasteiger partial charge in [0.2, 0.25) is 0 Å². The smallest absolute Gasteiger partial charge is 0.262 e. The molecule has 0 unspecified atom stereocenters. The lowest BCUT2D eigenvalue weighted by Gasteiger charge is -2.08. The predicted octanol–water partition coefficient (Wildman–Crippen LogP) is 1.92. The van der Waals surface area contributed by atoms with Crippen LogP contribution in [0.4, 0.5) is 5.69 Å². The van der Waals surface area contributed by atoms with Crippen LogP contribution in [-0.4, -0.2) is 23.3 Å². The monoisotopic (exact) mass is 276 g/mol. The average molecular weight is 276 g/mol. The Morgan fingerprint density at radius 3 is 2.10 bits per heavy atom. The van der Waals surface area contributed by atoms with Crippen molar-refractivity contribution in [3.8, 4) is 11.8 Å². The second kappa shape index (κ2) is 5.14. The molecule has 4 heteroatoms. The fraction of sp³-hybridized carbons (Fsp3) is 0.0588. The molecule has 1 aliphatic rings. The number of fused-ring (bicyclic) bond motifs is 1. The second-order valence-electron chi connectivity index (χ2n) is 4.63. The normalized spacial score (nSPS) is 12.9. The van der Waals surface area contributed by atoms with Gasteiger partial charge in [0.05, 0.1) is 17.7 Å². The molecule has 0 saturated heterocycles. The van der Waals surface area contributed by atoms with Gasteiger partial charge in [0.25, 0.3) is 11.8 Å². The van der Waals surface area contributed by atoms with Gasteiger partial charge < -0.3 is 5.73 Å². The van der Waals surface area contributed by atoms with Gasteiger partial charge in [-0.05, 0) is 24.3 Å². The van der Waals surface area contributed by atoms with Gasteiger partial charge in [-0.25, -0.2) is 0 Å². The summed E-state index contributed by atoms with van der Waals surface area (Å²) in [4.78, 5) is 25.4. The Bertz CT molecular complexity index is 765. The number of hydrogen-bond acceptors (Lipinski definition) is 3. The molecule has 1 aliphatic heterocycles. The molecule has 0 saturated carbocycles. The topological polar surface area (TPSA) is 63.4 Å². The predicted molar refractivity (Wildman–Crippen MR) is 79.5 cm³/mol. The minimum Gasteiger partial charge on any atom is -0.398 e. The van der Waals surface area contributed by atoms with Crippen molar-refractivity contribution in [1.29, 1.82) is 0 Å². The van der Waals surface area contributed by atoms with Crippen molar-refractivity contribution < 1.29 is 9.59 Å². The molecule has 2 amide bonds. The van der Waals surface area contributed by atoms with E-state index in [0.29, 0.717) is 22.4 Å². The van der Waals surface area contributed by atoms with E-state index in [1.54, 1.807) is 36.4 Å². The van der Waals surface area contributed by atoms with Crippen LogP contribution < -0.4 is 5.73 Å². The first kappa shape index (κ1) is 12.9. The minimum atomic E-state index is -0.300. The zero-order valence-electron chi connectivity index (χ0n) is 11.2. The summed E-state index contributed by atoms with van der Waals surface area (Å²) in [6.45, 7) is 0.0562. The quantitative estimate of drug-likeness (QED) is 0.491. The molecule has 0 radical (unpaired) electrons. The van der Waals surface area contributed by atoms with Gasteiger partial charge in [0.15, 0.2) is 0 Å². The van der Waals surface area contributed by atoms with Gasteiger partial charge in [-0.1, -0.05) is 36.1 Å². The Kier molecular flexibility index (Phi) is 3.17. The number of nitrogens with two attached hydrogens (primary N) is 1. The van der Waals surface area contributed by atoms with Crippen LogP contribution in [0.15, 0.2) is 48.5 Å². The maximum Gasteiger partial charge on any atom is 0.262 e. The van der Waals surface area contributed by atoms with Crippen LogP contribution >= 0.6 is 0 Å². The lowest BCUT2D eigenvalue weighted by Crippen LogP contribution is -2.30. The number of rotatable bonds is 1. The first-order chi connectivity index (χ1) is 10.2. The van der Waals surface area contributed by atoms with E-state index >= 15 is 0 Å².